The van der Waals surface area contributed by atoms with Gasteiger partial charge in [-0.2, -0.15) is 5.10 Å². The molecule has 0 N–H and O–H groups in total. The Balaban J connectivity index is 1.47. The summed E-state index contributed by atoms with van der Waals surface area (Å²) in [6, 6.07) is 13.5. The number of carbonyl (C=O) groups excluding carboxylic acids is 1. The topological polar surface area (TPSA) is 57.0 Å². The predicted molar refractivity (Wildman–Crippen MR) is 97.6 cm³/mol. The van der Waals surface area contributed by atoms with E-state index in [2.05, 4.69) is 10.1 Å². The van der Waals surface area contributed by atoms with Crippen molar-refractivity contribution in [2.24, 2.45) is 5.92 Å². The fourth-order valence-electron chi connectivity index (χ4n) is 3.15. The Kier molecular flexibility index (Phi) is 4.90. The van der Waals surface area contributed by atoms with Crippen molar-refractivity contribution in [3.63, 3.8) is 0 Å². The third kappa shape index (κ3) is 4.17. The molecule has 3 aromatic rings. The number of hydrogen-bond donors (Lipinski definition) is 0. The predicted octanol–water partition coefficient (Wildman–Crippen LogP) is 4.16. The molecule has 1 fully saturated rings. The van der Waals surface area contributed by atoms with Gasteiger partial charge in [0.25, 0.3) is 0 Å². The Bertz CT molecular complexity index is 913. The van der Waals surface area contributed by atoms with Gasteiger partial charge < -0.3 is 4.74 Å². The highest BCUT2D eigenvalue weighted by Gasteiger charge is 2.46. The second-order valence-electron chi connectivity index (χ2n) is 6.59. The van der Waals surface area contributed by atoms with Crippen LogP contribution in [0.5, 0.6) is 0 Å². The van der Waals surface area contributed by atoms with E-state index in [1.165, 1.54) is 18.5 Å². The van der Waals surface area contributed by atoms with E-state index >= 15 is 0 Å². The second-order valence-corrected chi connectivity index (χ2v) is 7.03. The van der Waals surface area contributed by atoms with Crippen LogP contribution >= 0.6 is 11.6 Å². The molecule has 1 heterocycles. The summed E-state index contributed by atoms with van der Waals surface area (Å²) in [5.74, 6) is -0.671. The minimum Gasteiger partial charge on any atom is -0.455 e. The Morgan fingerprint density at radius 2 is 1.96 bits per heavy atom. The van der Waals surface area contributed by atoms with Gasteiger partial charge in [0.2, 0.25) is 0 Å². The van der Waals surface area contributed by atoms with Gasteiger partial charge in [-0.15, -0.1) is 0 Å². The molecular weight excluding hydrogens is 369 g/mol. The molecule has 1 saturated carbocycles. The first kappa shape index (κ1) is 17.7. The highest BCUT2D eigenvalue weighted by Crippen LogP contribution is 2.48. The maximum absolute atomic E-state index is 13.1. The zero-order valence-corrected chi connectivity index (χ0v) is 15.1. The van der Waals surface area contributed by atoms with E-state index < -0.39 is 6.10 Å². The van der Waals surface area contributed by atoms with Crippen molar-refractivity contribution in [2.45, 2.75) is 25.0 Å². The van der Waals surface area contributed by atoms with Crippen molar-refractivity contribution in [3.8, 4) is 0 Å². The third-order valence-corrected chi connectivity index (χ3v) is 4.96. The summed E-state index contributed by atoms with van der Waals surface area (Å²) < 4.78 is 20.5. The zero-order chi connectivity index (χ0) is 18.8. The first-order chi connectivity index (χ1) is 13.1. The van der Waals surface area contributed by atoms with E-state index in [0.717, 1.165) is 11.1 Å². The Morgan fingerprint density at radius 3 is 2.63 bits per heavy atom. The molecule has 3 unspecified atom stereocenters. The zero-order valence-electron chi connectivity index (χ0n) is 14.3. The molecule has 138 valence electrons. The summed E-state index contributed by atoms with van der Waals surface area (Å²) in [5.41, 5.74) is 1.79. The normalized spacial score (nSPS) is 19.5. The van der Waals surface area contributed by atoms with Gasteiger partial charge >= 0.3 is 5.97 Å². The minimum atomic E-state index is -0.495. The number of nitrogens with zero attached hydrogens (tertiary/aromatic N) is 3. The maximum atomic E-state index is 13.1. The lowest BCUT2D eigenvalue weighted by Crippen LogP contribution is -2.18. The lowest BCUT2D eigenvalue weighted by molar-refractivity contribution is -0.152. The first-order valence-corrected chi connectivity index (χ1v) is 9.02. The molecule has 1 aliphatic rings. The van der Waals surface area contributed by atoms with Crippen LogP contribution in [0.25, 0.3) is 0 Å². The van der Waals surface area contributed by atoms with Crippen LogP contribution in [0.2, 0.25) is 5.02 Å². The van der Waals surface area contributed by atoms with Gasteiger partial charge in [0, 0.05) is 5.02 Å². The monoisotopic (exact) mass is 385 g/mol. The van der Waals surface area contributed by atoms with Gasteiger partial charge in [-0.05, 0) is 47.7 Å². The third-order valence-electron chi connectivity index (χ3n) is 4.71. The molecule has 7 heteroatoms. The van der Waals surface area contributed by atoms with Crippen LogP contribution in [0.4, 0.5) is 4.39 Å². The number of hydrogen-bond acceptors (Lipinski definition) is 4. The number of esters is 1. The molecule has 1 aromatic heterocycles. The molecule has 2 aromatic carbocycles. The Morgan fingerprint density at radius 1 is 1.22 bits per heavy atom. The van der Waals surface area contributed by atoms with Gasteiger partial charge in [0.05, 0.1) is 12.5 Å². The van der Waals surface area contributed by atoms with Crippen LogP contribution in [0.1, 0.15) is 29.6 Å². The number of benzene rings is 2. The molecule has 1 aliphatic carbocycles. The van der Waals surface area contributed by atoms with E-state index in [9.17, 15) is 9.18 Å². The molecule has 3 atom stereocenters. The molecule has 0 aliphatic heterocycles. The molecule has 27 heavy (non-hydrogen) atoms. The number of ether oxygens (including phenoxy) is 1. The quantitative estimate of drug-likeness (QED) is 0.598. The minimum absolute atomic E-state index is 0.0790. The van der Waals surface area contributed by atoms with Gasteiger partial charge in [-0.25, -0.2) is 14.1 Å². The molecule has 0 radical (unpaired) electrons. The number of aromatic nitrogens is 3. The molecule has 0 saturated heterocycles. The number of carbonyl (C=O) groups is 1. The molecular formula is C20H17ClFN3O2. The largest absolute Gasteiger partial charge is 0.455 e. The van der Waals surface area contributed by atoms with Crippen molar-refractivity contribution in [2.75, 3.05) is 0 Å². The summed E-state index contributed by atoms with van der Waals surface area (Å²) in [6.07, 6.45) is 3.23. The average Bonchev–Trinajstić information content (AvgIpc) is 3.31. The van der Waals surface area contributed by atoms with Gasteiger partial charge in [-0.3, -0.25) is 4.79 Å². The summed E-state index contributed by atoms with van der Waals surface area (Å²) >= 11 is 5.96. The summed E-state index contributed by atoms with van der Waals surface area (Å²) in [7, 11) is 0. The van der Waals surface area contributed by atoms with E-state index in [4.69, 9.17) is 16.3 Å². The van der Waals surface area contributed by atoms with E-state index in [0.29, 0.717) is 18.0 Å². The number of halogens is 2. The first-order valence-electron chi connectivity index (χ1n) is 8.64. The van der Waals surface area contributed by atoms with Crippen LogP contribution in [0, 0.1) is 11.7 Å². The Hall–Kier alpha value is -2.73. The second kappa shape index (κ2) is 7.48. The van der Waals surface area contributed by atoms with Gasteiger partial charge in [0.1, 0.15) is 24.6 Å². The Labute approximate surface area is 160 Å². The average molecular weight is 386 g/mol. The van der Waals surface area contributed by atoms with Gasteiger partial charge in [-0.1, -0.05) is 35.9 Å². The molecule has 5 nitrogen and oxygen atoms in total. The summed E-state index contributed by atoms with van der Waals surface area (Å²) in [6.45, 7) is 0.362. The van der Waals surface area contributed by atoms with Crippen LogP contribution in [0.15, 0.2) is 61.2 Å². The summed E-state index contributed by atoms with van der Waals surface area (Å²) in [4.78, 5) is 16.6. The van der Waals surface area contributed by atoms with Crippen molar-refractivity contribution in [3.05, 3.63) is 83.2 Å². The van der Waals surface area contributed by atoms with Crippen LogP contribution in [-0.4, -0.2) is 20.7 Å². The van der Waals surface area contributed by atoms with Crippen molar-refractivity contribution in [1.82, 2.24) is 14.8 Å². The lowest BCUT2D eigenvalue weighted by atomic mass is 10.1. The molecule has 0 bridgehead atoms. The van der Waals surface area contributed by atoms with Gasteiger partial charge in [0.15, 0.2) is 0 Å². The van der Waals surface area contributed by atoms with E-state index in [1.807, 2.05) is 12.1 Å². The van der Waals surface area contributed by atoms with Crippen LogP contribution in [0.3, 0.4) is 0 Å². The van der Waals surface area contributed by atoms with Crippen LogP contribution in [-0.2, 0) is 16.1 Å². The lowest BCUT2D eigenvalue weighted by Gasteiger charge is -2.18. The SMILES string of the molecule is O=C(OC(Cn1cncn1)c1ccc(Cl)cc1)C1CC1c1ccc(F)cc1. The van der Waals surface area contributed by atoms with Crippen molar-refractivity contribution < 1.29 is 13.9 Å². The fourth-order valence-corrected chi connectivity index (χ4v) is 3.27. The maximum Gasteiger partial charge on any atom is 0.310 e. The molecule has 0 spiro atoms. The van der Waals surface area contributed by atoms with E-state index in [1.54, 1.807) is 35.3 Å². The highest BCUT2D eigenvalue weighted by atomic mass is 35.5. The fraction of sp³-hybridized carbons (Fsp3) is 0.250. The standard InChI is InChI=1S/C20H17ClFN3O2/c21-15-5-1-14(2-6-15)19(10-25-12-23-11-24-25)27-20(26)18-9-17(18)13-3-7-16(22)8-4-13/h1-8,11-12,17-19H,9-10H2. The molecule has 4 rings (SSSR count). The smallest absolute Gasteiger partial charge is 0.310 e. The summed E-state index contributed by atoms with van der Waals surface area (Å²) in [5, 5.41) is 4.70. The number of rotatable bonds is 6. The van der Waals surface area contributed by atoms with Crippen molar-refractivity contribution in [1.29, 1.82) is 0 Å². The van der Waals surface area contributed by atoms with Crippen LogP contribution < -0.4 is 0 Å². The van der Waals surface area contributed by atoms with Crippen molar-refractivity contribution >= 4 is 17.6 Å². The molecule has 0 amide bonds. The van der Waals surface area contributed by atoms with E-state index in [-0.39, 0.29) is 23.6 Å². The highest BCUT2D eigenvalue weighted by molar-refractivity contribution is 6.30.